The maximum absolute atomic E-state index is 13.1. The maximum Gasteiger partial charge on any atom is 0.264 e. The van der Waals surface area contributed by atoms with E-state index in [2.05, 4.69) is 20.0 Å². The standard InChI is InChI=1S/C17H12ClFN4O3S/c18-15-10-11(19)2-7-14(15)16(24)22-12-3-5-13(6-4-12)27(25,26)23-17-20-8-1-9-21-17/h1-10H,(H,22,24)(H,20,21,23). The van der Waals surface area contributed by atoms with E-state index in [1.807, 2.05) is 0 Å². The van der Waals surface area contributed by atoms with Crippen LogP contribution < -0.4 is 10.0 Å². The minimum Gasteiger partial charge on any atom is -0.322 e. The van der Waals surface area contributed by atoms with E-state index < -0.39 is 21.7 Å². The Balaban J connectivity index is 1.74. The lowest BCUT2D eigenvalue weighted by Crippen LogP contribution is -2.15. The highest BCUT2D eigenvalue weighted by Gasteiger charge is 2.16. The molecule has 0 aliphatic carbocycles. The predicted octanol–water partition coefficient (Wildman–Crippen LogP) is 3.32. The van der Waals surface area contributed by atoms with E-state index in [1.165, 1.54) is 42.7 Å². The molecular weight excluding hydrogens is 395 g/mol. The second-order valence-corrected chi connectivity index (χ2v) is 7.37. The Morgan fingerprint density at radius 3 is 2.33 bits per heavy atom. The number of halogens is 2. The summed E-state index contributed by atoms with van der Waals surface area (Å²) in [5.74, 6) is -1.16. The van der Waals surface area contributed by atoms with Gasteiger partial charge in [-0.05, 0) is 48.5 Å². The van der Waals surface area contributed by atoms with Crippen molar-refractivity contribution in [3.63, 3.8) is 0 Å². The van der Waals surface area contributed by atoms with Crippen LogP contribution in [-0.2, 0) is 10.0 Å². The van der Waals surface area contributed by atoms with Crippen LogP contribution in [0.3, 0.4) is 0 Å². The highest BCUT2D eigenvalue weighted by molar-refractivity contribution is 7.92. The third kappa shape index (κ3) is 4.57. The van der Waals surface area contributed by atoms with E-state index in [0.717, 1.165) is 12.1 Å². The lowest BCUT2D eigenvalue weighted by molar-refractivity contribution is 0.102. The van der Waals surface area contributed by atoms with Gasteiger partial charge in [-0.1, -0.05) is 11.6 Å². The number of carbonyl (C=O) groups is 1. The lowest BCUT2D eigenvalue weighted by atomic mass is 10.2. The number of aromatic nitrogens is 2. The first-order chi connectivity index (χ1) is 12.8. The van der Waals surface area contributed by atoms with E-state index in [0.29, 0.717) is 5.69 Å². The number of rotatable bonds is 5. The van der Waals surface area contributed by atoms with Gasteiger partial charge in [-0.25, -0.2) is 27.5 Å². The normalized spacial score (nSPS) is 11.0. The molecule has 0 bridgehead atoms. The fourth-order valence-corrected chi connectivity index (χ4v) is 3.33. The molecule has 0 unspecified atom stereocenters. The minimum atomic E-state index is -3.87. The topological polar surface area (TPSA) is 101 Å². The number of carbonyl (C=O) groups excluding carboxylic acids is 1. The molecule has 138 valence electrons. The molecule has 10 heteroatoms. The zero-order chi connectivity index (χ0) is 19.4. The van der Waals surface area contributed by atoms with Gasteiger partial charge in [-0.15, -0.1) is 0 Å². The van der Waals surface area contributed by atoms with Crippen molar-refractivity contribution in [3.05, 3.63) is 77.3 Å². The van der Waals surface area contributed by atoms with Crippen LogP contribution in [0.2, 0.25) is 5.02 Å². The van der Waals surface area contributed by atoms with Gasteiger partial charge in [0.05, 0.1) is 15.5 Å². The largest absolute Gasteiger partial charge is 0.322 e. The number of hydrogen-bond donors (Lipinski definition) is 2. The summed E-state index contributed by atoms with van der Waals surface area (Å²) in [6.45, 7) is 0. The van der Waals surface area contributed by atoms with E-state index in [1.54, 1.807) is 6.07 Å². The van der Waals surface area contributed by atoms with Crippen molar-refractivity contribution in [3.8, 4) is 0 Å². The second kappa shape index (κ2) is 7.68. The molecule has 1 heterocycles. The van der Waals surface area contributed by atoms with Gasteiger partial charge in [0.1, 0.15) is 5.82 Å². The molecule has 2 N–H and O–H groups in total. The molecular formula is C17H12ClFN4O3S. The zero-order valence-electron chi connectivity index (χ0n) is 13.6. The molecule has 0 saturated heterocycles. The minimum absolute atomic E-state index is 0.0289. The lowest BCUT2D eigenvalue weighted by Gasteiger charge is -2.09. The monoisotopic (exact) mass is 406 g/mol. The Kier molecular flexibility index (Phi) is 5.33. The van der Waals surface area contributed by atoms with Crippen molar-refractivity contribution in [2.45, 2.75) is 4.90 Å². The molecule has 1 aromatic heterocycles. The van der Waals surface area contributed by atoms with Gasteiger partial charge in [-0.3, -0.25) is 4.79 Å². The Labute approximate surface area is 159 Å². The number of nitrogens with zero attached hydrogens (tertiary/aromatic N) is 2. The first-order valence-electron chi connectivity index (χ1n) is 7.51. The molecule has 0 aliphatic heterocycles. The zero-order valence-corrected chi connectivity index (χ0v) is 15.1. The SMILES string of the molecule is O=C(Nc1ccc(S(=O)(=O)Nc2ncccn2)cc1)c1ccc(F)cc1Cl. The Bertz CT molecular complexity index is 1080. The van der Waals surface area contributed by atoms with Gasteiger partial charge < -0.3 is 5.32 Å². The van der Waals surface area contributed by atoms with Crippen LogP contribution in [0.25, 0.3) is 0 Å². The molecule has 0 aliphatic rings. The third-order valence-corrected chi connectivity index (χ3v) is 5.05. The fourth-order valence-electron chi connectivity index (χ4n) is 2.12. The maximum atomic E-state index is 13.1. The summed E-state index contributed by atoms with van der Waals surface area (Å²) in [6, 6.07) is 10.4. The number of anilines is 2. The Morgan fingerprint density at radius 2 is 1.70 bits per heavy atom. The molecule has 7 nitrogen and oxygen atoms in total. The Morgan fingerprint density at radius 1 is 1.04 bits per heavy atom. The van der Waals surface area contributed by atoms with Gasteiger partial charge in [0.2, 0.25) is 5.95 Å². The number of hydrogen-bond acceptors (Lipinski definition) is 5. The molecule has 3 aromatic rings. The number of sulfonamides is 1. The van der Waals surface area contributed by atoms with Gasteiger partial charge in [0.25, 0.3) is 15.9 Å². The van der Waals surface area contributed by atoms with Gasteiger partial charge in [0.15, 0.2) is 0 Å². The molecule has 0 spiro atoms. The van der Waals surface area contributed by atoms with Crippen molar-refractivity contribution in [1.82, 2.24) is 9.97 Å². The molecule has 2 aromatic carbocycles. The Hall–Kier alpha value is -3.04. The average molecular weight is 407 g/mol. The van der Waals surface area contributed by atoms with Gasteiger partial charge >= 0.3 is 0 Å². The highest BCUT2D eigenvalue weighted by atomic mass is 35.5. The number of amides is 1. The quantitative estimate of drug-likeness (QED) is 0.676. The molecule has 27 heavy (non-hydrogen) atoms. The van der Waals surface area contributed by atoms with Crippen molar-refractivity contribution in [2.75, 3.05) is 10.0 Å². The average Bonchev–Trinajstić information content (AvgIpc) is 2.62. The van der Waals surface area contributed by atoms with Crippen LogP contribution in [0.5, 0.6) is 0 Å². The summed E-state index contributed by atoms with van der Waals surface area (Å²) in [7, 11) is -3.87. The van der Waals surface area contributed by atoms with Crippen LogP contribution in [0.1, 0.15) is 10.4 Å². The molecule has 0 saturated carbocycles. The predicted molar refractivity (Wildman–Crippen MR) is 98.6 cm³/mol. The summed E-state index contributed by atoms with van der Waals surface area (Å²) < 4.78 is 39.9. The van der Waals surface area contributed by atoms with Crippen LogP contribution >= 0.6 is 11.6 Å². The smallest absolute Gasteiger partial charge is 0.264 e. The number of nitrogens with one attached hydrogen (secondary N) is 2. The molecule has 0 radical (unpaired) electrons. The first-order valence-corrected chi connectivity index (χ1v) is 9.37. The van der Waals surface area contributed by atoms with Gasteiger partial charge in [0, 0.05) is 18.1 Å². The summed E-state index contributed by atoms with van der Waals surface area (Å²) in [5.41, 5.74) is 0.438. The van der Waals surface area contributed by atoms with E-state index in [-0.39, 0.29) is 21.4 Å². The van der Waals surface area contributed by atoms with Gasteiger partial charge in [-0.2, -0.15) is 0 Å². The van der Waals surface area contributed by atoms with Crippen LogP contribution in [0.15, 0.2) is 65.8 Å². The van der Waals surface area contributed by atoms with Crippen molar-refractivity contribution < 1.29 is 17.6 Å². The van der Waals surface area contributed by atoms with Crippen LogP contribution in [-0.4, -0.2) is 24.3 Å². The van der Waals surface area contributed by atoms with Crippen LogP contribution in [0, 0.1) is 5.82 Å². The molecule has 0 atom stereocenters. The van der Waals surface area contributed by atoms with Crippen LogP contribution in [0.4, 0.5) is 16.0 Å². The summed E-state index contributed by atoms with van der Waals surface area (Å²) in [4.78, 5) is 19.8. The summed E-state index contributed by atoms with van der Waals surface area (Å²) in [5, 5.41) is 2.53. The summed E-state index contributed by atoms with van der Waals surface area (Å²) in [6.07, 6.45) is 2.81. The van der Waals surface area contributed by atoms with E-state index in [4.69, 9.17) is 11.6 Å². The first kappa shape index (κ1) is 18.7. The highest BCUT2D eigenvalue weighted by Crippen LogP contribution is 2.20. The van der Waals surface area contributed by atoms with Crippen molar-refractivity contribution in [2.24, 2.45) is 0 Å². The summed E-state index contributed by atoms with van der Waals surface area (Å²) >= 11 is 5.85. The van der Waals surface area contributed by atoms with E-state index in [9.17, 15) is 17.6 Å². The van der Waals surface area contributed by atoms with Crippen molar-refractivity contribution >= 4 is 39.2 Å². The van der Waals surface area contributed by atoms with E-state index >= 15 is 0 Å². The molecule has 3 rings (SSSR count). The van der Waals surface area contributed by atoms with Crippen molar-refractivity contribution in [1.29, 1.82) is 0 Å². The fraction of sp³-hybridized carbons (Fsp3) is 0. The molecule has 0 fully saturated rings. The second-order valence-electron chi connectivity index (χ2n) is 5.28. The molecule has 1 amide bonds. The third-order valence-electron chi connectivity index (χ3n) is 3.39. The number of benzene rings is 2.